The molecule has 1 fully saturated rings. The SMILES string of the molecule is CC1(C)CC1NS(=O)(=O)c1cc([N+](=O)[O-])ccc1N. The Morgan fingerprint density at radius 3 is 2.53 bits per heavy atom. The van der Waals surface area contributed by atoms with Gasteiger partial charge in [0.25, 0.3) is 5.69 Å². The van der Waals surface area contributed by atoms with Gasteiger partial charge in [-0.1, -0.05) is 13.8 Å². The molecule has 8 heteroatoms. The van der Waals surface area contributed by atoms with E-state index in [-0.39, 0.29) is 27.7 Å². The smallest absolute Gasteiger partial charge is 0.270 e. The summed E-state index contributed by atoms with van der Waals surface area (Å²) in [6.45, 7) is 3.88. The molecule has 0 aliphatic heterocycles. The van der Waals surface area contributed by atoms with E-state index in [9.17, 15) is 18.5 Å². The molecule has 104 valence electrons. The zero-order valence-electron chi connectivity index (χ0n) is 10.6. The number of nitrogens with one attached hydrogen (secondary N) is 1. The number of nitro groups is 1. The molecule has 0 bridgehead atoms. The number of nitrogens with two attached hydrogens (primary N) is 1. The molecule has 0 aromatic heterocycles. The highest BCUT2D eigenvalue weighted by molar-refractivity contribution is 7.89. The summed E-state index contributed by atoms with van der Waals surface area (Å²) in [5.74, 6) is 0. The van der Waals surface area contributed by atoms with Crippen molar-refractivity contribution in [2.45, 2.75) is 31.2 Å². The molecule has 1 aliphatic carbocycles. The van der Waals surface area contributed by atoms with Gasteiger partial charge in [-0.25, -0.2) is 13.1 Å². The maximum atomic E-state index is 12.2. The summed E-state index contributed by atoms with van der Waals surface area (Å²) in [6, 6.07) is 3.23. The van der Waals surface area contributed by atoms with E-state index in [0.29, 0.717) is 0 Å². The maximum absolute atomic E-state index is 12.2. The molecule has 0 amide bonds. The Kier molecular flexibility index (Phi) is 3.02. The van der Waals surface area contributed by atoms with E-state index in [1.807, 2.05) is 13.8 Å². The lowest BCUT2D eigenvalue weighted by Crippen LogP contribution is -2.29. The predicted molar refractivity (Wildman–Crippen MR) is 70.0 cm³/mol. The molecule has 3 N–H and O–H groups in total. The number of hydrogen-bond donors (Lipinski definition) is 2. The van der Waals surface area contributed by atoms with Crippen LogP contribution in [0.4, 0.5) is 11.4 Å². The van der Waals surface area contributed by atoms with Crippen LogP contribution in [-0.4, -0.2) is 19.4 Å². The molecule has 19 heavy (non-hydrogen) atoms. The fourth-order valence-corrected chi connectivity index (χ4v) is 3.35. The molecule has 0 heterocycles. The summed E-state index contributed by atoms with van der Waals surface area (Å²) in [7, 11) is -3.83. The monoisotopic (exact) mass is 285 g/mol. The zero-order valence-corrected chi connectivity index (χ0v) is 11.4. The van der Waals surface area contributed by atoms with Gasteiger partial charge in [-0.2, -0.15) is 0 Å². The Balaban J connectivity index is 2.35. The van der Waals surface area contributed by atoms with Crippen molar-refractivity contribution in [3.8, 4) is 0 Å². The first-order chi connectivity index (χ1) is 8.63. The Labute approximate surface area is 111 Å². The van der Waals surface area contributed by atoms with Crippen LogP contribution in [0.15, 0.2) is 23.1 Å². The van der Waals surface area contributed by atoms with Gasteiger partial charge in [0.1, 0.15) is 4.90 Å². The second kappa shape index (κ2) is 4.17. The lowest BCUT2D eigenvalue weighted by molar-refractivity contribution is -0.385. The van der Waals surface area contributed by atoms with Crippen molar-refractivity contribution in [3.63, 3.8) is 0 Å². The molecule has 1 aliphatic rings. The average molecular weight is 285 g/mol. The predicted octanol–water partition coefficient (Wildman–Crippen LogP) is 1.25. The number of non-ortho nitro benzene ring substituents is 1. The van der Waals surface area contributed by atoms with Crippen LogP contribution in [0.2, 0.25) is 0 Å². The third-order valence-corrected chi connectivity index (χ3v) is 4.84. The van der Waals surface area contributed by atoms with Crippen LogP contribution in [0.3, 0.4) is 0 Å². The normalized spacial score (nSPS) is 21.1. The average Bonchev–Trinajstić information content (AvgIpc) is 2.84. The van der Waals surface area contributed by atoms with Crippen LogP contribution < -0.4 is 10.5 Å². The first-order valence-electron chi connectivity index (χ1n) is 5.70. The lowest BCUT2D eigenvalue weighted by Gasteiger charge is -2.10. The maximum Gasteiger partial charge on any atom is 0.270 e. The number of nitro benzene ring substituents is 1. The number of sulfonamides is 1. The van der Waals surface area contributed by atoms with Crippen LogP contribution in [0.1, 0.15) is 20.3 Å². The van der Waals surface area contributed by atoms with E-state index < -0.39 is 14.9 Å². The van der Waals surface area contributed by atoms with Crippen LogP contribution in [0.5, 0.6) is 0 Å². The van der Waals surface area contributed by atoms with E-state index in [0.717, 1.165) is 12.5 Å². The molecule has 1 saturated carbocycles. The molecule has 1 aromatic carbocycles. The van der Waals surface area contributed by atoms with Crippen molar-refractivity contribution in [3.05, 3.63) is 28.3 Å². The van der Waals surface area contributed by atoms with Gasteiger partial charge in [0.2, 0.25) is 10.0 Å². The lowest BCUT2D eigenvalue weighted by atomic mass is 10.2. The second-order valence-corrected chi connectivity index (χ2v) is 7.03. The minimum absolute atomic E-state index is 0.00319. The van der Waals surface area contributed by atoms with E-state index in [1.165, 1.54) is 12.1 Å². The summed E-state index contributed by atoms with van der Waals surface area (Å²) in [6.07, 6.45) is 0.737. The van der Waals surface area contributed by atoms with Crippen LogP contribution in [0.25, 0.3) is 0 Å². The number of rotatable bonds is 4. The third-order valence-electron chi connectivity index (χ3n) is 3.31. The van der Waals surface area contributed by atoms with Gasteiger partial charge in [0.15, 0.2) is 0 Å². The van der Waals surface area contributed by atoms with Gasteiger partial charge in [-0.15, -0.1) is 0 Å². The summed E-state index contributed by atoms with van der Waals surface area (Å²) < 4.78 is 26.8. The Bertz CT molecular complexity index is 639. The molecular formula is C11H15N3O4S. The van der Waals surface area contributed by atoms with Gasteiger partial charge in [0.05, 0.1) is 10.6 Å². The molecule has 0 spiro atoms. The van der Waals surface area contributed by atoms with Crippen molar-refractivity contribution in [1.82, 2.24) is 4.72 Å². The van der Waals surface area contributed by atoms with E-state index in [1.54, 1.807) is 0 Å². The van der Waals surface area contributed by atoms with Gasteiger partial charge in [0, 0.05) is 18.2 Å². The molecule has 1 unspecified atom stereocenters. The van der Waals surface area contributed by atoms with Gasteiger partial charge in [-0.3, -0.25) is 10.1 Å². The molecule has 0 saturated heterocycles. The standard InChI is InChI=1S/C11H15N3O4S/c1-11(2)6-10(11)13-19(17,18)9-5-7(14(15)16)3-4-8(9)12/h3-5,10,13H,6,12H2,1-2H3. The van der Waals surface area contributed by atoms with Gasteiger partial charge >= 0.3 is 0 Å². The Morgan fingerprint density at radius 1 is 1.47 bits per heavy atom. The molecule has 0 radical (unpaired) electrons. The number of nitrogens with zero attached hydrogens (tertiary/aromatic N) is 1. The van der Waals surface area contributed by atoms with Crippen LogP contribution >= 0.6 is 0 Å². The minimum Gasteiger partial charge on any atom is -0.398 e. The van der Waals surface area contributed by atoms with E-state index >= 15 is 0 Å². The summed E-state index contributed by atoms with van der Waals surface area (Å²) in [5.41, 5.74) is 5.21. The molecule has 7 nitrogen and oxygen atoms in total. The van der Waals surface area contributed by atoms with Gasteiger partial charge in [-0.05, 0) is 17.9 Å². The topological polar surface area (TPSA) is 115 Å². The Hall–Kier alpha value is -1.67. The number of benzene rings is 1. The van der Waals surface area contributed by atoms with Crippen molar-refractivity contribution >= 4 is 21.4 Å². The fraction of sp³-hybridized carbons (Fsp3) is 0.455. The first-order valence-corrected chi connectivity index (χ1v) is 7.18. The largest absolute Gasteiger partial charge is 0.398 e. The zero-order chi connectivity index (χ0) is 14.4. The highest BCUT2D eigenvalue weighted by Crippen LogP contribution is 2.45. The quantitative estimate of drug-likeness (QED) is 0.491. The van der Waals surface area contributed by atoms with Crippen molar-refractivity contribution in [2.75, 3.05) is 5.73 Å². The third kappa shape index (κ3) is 2.69. The fourth-order valence-electron chi connectivity index (χ4n) is 1.79. The number of anilines is 1. The molecule has 1 aromatic rings. The molecule has 1 atom stereocenters. The summed E-state index contributed by atoms with van der Waals surface area (Å²) in [4.78, 5) is 9.78. The van der Waals surface area contributed by atoms with Crippen LogP contribution in [-0.2, 0) is 10.0 Å². The summed E-state index contributed by atoms with van der Waals surface area (Å²) >= 11 is 0. The summed E-state index contributed by atoms with van der Waals surface area (Å²) in [5, 5.41) is 10.7. The van der Waals surface area contributed by atoms with Crippen molar-refractivity contribution in [1.29, 1.82) is 0 Å². The highest BCUT2D eigenvalue weighted by atomic mass is 32.2. The van der Waals surface area contributed by atoms with Crippen molar-refractivity contribution < 1.29 is 13.3 Å². The molecular weight excluding hydrogens is 270 g/mol. The van der Waals surface area contributed by atoms with Gasteiger partial charge < -0.3 is 5.73 Å². The molecule has 2 rings (SSSR count). The van der Waals surface area contributed by atoms with Crippen LogP contribution in [0, 0.1) is 15.5 Å². The van der Waals surface area contributed by atoms with Crippen molar-refractivity contribution in [2.24, 2.45) is 5.41 Å². The highest BCUT2D eigenvalue weighted by Gasteiger charge is 2.48. The van der Waals surface area contributed by atoms with E-state index in [2.05, 4.69) is 4.72 Å². The minimum atomic E-state index is -3.83. The second-order valence-electron chi connectivity index (χ2n) is 5.35. The number of hydrogen-bond acceptors (Lipinski definition) is 5. The first kappa shape index (κ1) is 13.8. The number of nitrogen functional groups attached to an aromatic ring is 1. The Morgan fingerprint density at radius 2 is 2.05 bits per heavy atom. The van der Waals surface area contributed by atoms with E-state index in [4.69, 9.17) is 5.73 Å².